The topological polar surface area (TPSA) is 68.5 Å². The Bertz CT molecular complexity index is 845. The molecule has 0 unspecified atom stereocenters. The lowest BCUT2D eigenvalue weighted by atomic mass is 10.1. The number of esters is 1. The summed E-state index contributed by atoms with van der Waals surface area (Å²) in [5, 5.41) is 7.67. The van der Waals surface area contributed by atoms with E-state index in [0.29, 0.717) is 28.8 Å². The van der Waals surface area contributed by atoms with Gasteiger partial charge in [0.2, 0.25) is 0 Å². The number of hydrogen-bond acceptors (Lipinski definition) is 6. The van der Waals surface area contributed by atoms with Gasteiger partial charge in [-0.25, -0.2) is 13.8 Å². The van der Waals surface area contributed by atoms with Crippen molar-refractivity contribution in [2.75, 3.05) is 19.1 Å². The van der Waals surface area contributed by atoms with E-state index in [2.05, 4.69) is 10.3 Å². The fraction of sp³-hybridized carbons (Fsp3) is 0.188. The van der Waals surface area contributed by atoms with Crippen LogP contribution in [0.15, 0.2) is 41.0 Å². The third-order valence-corrected chi connectivity index (χ3v) is 3.51. The number of nitrogens with zero attached hydrogens (tertiary/aromatic N) is 3. The summed E-state index contributed by atoms with van der Waals surface area (Å²) in [5.41, 5.74) is 2.96. The number of fused-ring (bicyclic) bond motifs is 1. The van der Waals surface area contributed by atoms with Gasteiger partial charge in [0.15, 0.2) is 5.52 Å². The molecular weight excluding hydrogens is 301 g/mol. The van der Waals surface area contributed by atoms with Gasteiger partial charge in [0, 0.05) is 13.6 Å². The van der Waals surface area contributed by atoms with Gasteiger partial charge in [0.25, 0.3) is 0 Å². The lowest BCUT2D eigenvalue weighted by Crippen LogP contribution is -2.17. The maximum Gasteiger partial charge on any atom is 0.338 e. The molecule has 1 aromatic heterocycles. The van der Waals surface area contributed by atoms with Crippen LogP contribution in [0, 0.1) is 5.82 Å². The minimum atomic E-state index is -0.466. The highest BCUT2D eigenvalue weighted by atomic mass is 19.1. The van der Waals surface area contributed by atoms with Crippen molar-refractivity contribution in [2.24, 2.45) is 0 Å². The molecule has 0 fully saturated rings. The van der Waals surface area contributed by atoms with Crippen molar-refractivity contribution in [3.05, 3.63) is 53.3 Å². The predicted molar refractivity (Wildman–Crippen MR) is 81.7 cm³/mol. The first kappa shape index (κ1) is 15.0. The smallest absolute Gasteiger partial charge is 0.338 e. The molecule has 3 rings (SSSR count). The molecule has 3 aromatic rings. The van der Waals surface area contributed by atoms with Gasteiger partial charge in [0.1, 0.15) is 11.3 Å². The second kappa shape index (κ2) is 6.04. The number of rotatable bonds is 4. The Hall–Kier alpha value is -2.96. The van der Waals surface area contributed by atoms with E-state index >= 15 is 0 Å². The zero-order valence-corrected chi connectivity index (χ0v) is 12.6. The summed E-state index contributed by atoms with van der Waals surface area (Å²) in [4.78, 5) is 13.7. The Morgan fingerprint density at radius 1 is 1.26 bits per heavy atom. The van der Waals surface area contributed by atoms with Gasteiger partial charge in [-0.1, -0.05) is 12.1 Å². The monoisotopic (exact) mass is 315 g/mol. The van der Waals surface area contributed by atoms with Gasteiger partial charge >= 0.3 is 5.97 Å². The number of halogens is 1. The quantitative estimate of drug-likeness (QED) is 0.690. The molecule has 23 heavy (non-hydrogen) atoms. The van der Waals surface area contributed by atoms with Gasteiger partial charge in [-0.2, -0.15) is 0 Å². The largest absolute Gasteiger partial charge is 0.465 e. The number of carbonyl (C=O) groups is 1. The van der Waals surface area contributed by atoms with Crippen LogP contribution < -0.4 is 4.90 Å². The zero-order chi connectivity index (χ0) is 16.4. The Morgan fingerprint density at radius 2 is 2.00 bits per heavy atom. The van der Waals surface area contributed by atoms with Crippen molar-refractivity contribution < 1.29 is 18.6 Å². The van der Waals surface area contributed by atoms with Gasteiger partial charge in [-0.05, 0) is 40.1 Å². The first-order valence-corrected chi connectivity index (χ1v) is 6.88. The molecule has 2 aromatic carbocycles. The van der Waals surface area contributed by atoms with Crippen LogP contribution in [-0.2, 0) is 11.3 Å². The normalized spacial score (nSPS) is 10.7. The molecule has 0 aliphatic carbocycles. The summed E-state index contributed by atoms with van der Waals surface area (Å²) in [7, 11) is 3.16. The van der Waals surface area contributed by atoms with E-state index < -0.39 is 5.97 Å². The molecule has 0 spiro atoms. The fourth-order valence-electron chi connectivity index (χ4n) is 2.35. The summed E-state index contributed by atoms with van der Waals surface area (Å²) < 4.78 is 22.5. The standard InChI is InChI=1S/C16H14FN3O3/c1-20(9-10-3-5-12(17)6-4-10)14-8-11(16(21)22-2)7-13-15(14)19-23-18-13/h3-8H,9H2,1-2H3. The van der Waals surface area contributed by atoms with Crippen LogP contribution in [0.2, 0.25) is 0 Å². The number of hydrogen-bond donors (Lipinski definition) is 0. The lowest BCUT2D eigenvalue weighted by Gasteiger charge is -2.20. The van der Waals surface area contributed by atoms with Crippen LogP contribution in [0.5, 0.6) is 0 Å². The molecule has 1 heterocycles. The third kappa shape index (κ3) is 2.98. The minimum absolute atomic E-state index is 0.285. The fourth-order valence-corrected chi connectivity index (χ4v) is 2.35. The molecule has 0 saturated heterocycles. The molecule has 0 aliphatic heterocycles. The van der Waals surface area contributed by atoms with Crippen LogP contribution in [0.1, 0.15) is 15.9 Å². The molecule has 0 N–H and O–H groups in total. The Labute approximate surface area is 131 Å². The second-order valence-electron chi connectivity index (χ2n) is 5.10. The number of methoxy groups -OCH3 is 1. The first-order chi connectivity index (χ1) is 11.1. The maximum absolute atomic E-state index is 13.0. The molecule has 0 amide bonds. The number of ether oxygens (including phenoxy) is 1. The van der Waals surface area contributed by atoms with Crippen LogP contribution in [0.25, 0.3) is 11.0 Å². The second-order valence-corrected chi connectivity index (χ2v) is 5.10. The molecule has 0 bridgehead atoms. The summed E-state index contributed by atoms with van der Waals surface area (Å²) in [6.45, 7) is 0.507. The van der Waals surface area contributed by atoms with Gasteiger partial charge in [0.05, 0.1) is 18.4 Å². The summed E-state index contributed by atoms with van der Waals surface area (Å²) in [6, 6.07) is 9.44. The van der Waals surface area contributed by atoms with E-state index in [1.54, 1.807) is 24.3 Å². The minimum Gasteiger partial charge on any atom is -0.465 e. The van der Waals surface area contributed by atoms with Crippen LogP contribution in [0.4, 0.5) is 10.1 Å². The zero-order valence-electron chi connectivity index (χ0n) is 12.6. The van der Waals surface area contributed by atoms with Gasteiger partial charge < -0.3 is 9.64 Å². The van der Waals surface area contributed by atoms with E-state index in [0.717, 1.165) is 5.56 Å². The van der Waals surface area contributed by atoms with Crippen molar-refractivity contribution >= 4 is 22.7 Å². The highest BCUT2D eigenvalue weighted by molar-refractivity contribution is 5.98. The maximum atomic E-state index is 13.0. The number of carbonyl (C=O) groups excluding carboxylic acids is 1. The van der Waals surface area contributed by atoms with Crippen molar-refractivity contribution in [1.29, 1.82) is 0 Å². The SMILES string of the molecule is COC(=O)c1cc(N(C)Cc2ccc(F)cc2)c2nonc2c1. The summed E-state index contributed by atoms with van der Waals surface area (Å²) in [5.74, 6) is -0.751. The number of anilines is 1. The molecule has 7 heteroatoms. The molecule has 0 atom stereocenters. The highest BCUT2D eigenvalue weighted by Gasteiger charge is 2.17. The predicted octanol–water partition coefficient (Wildman–Crippen LogP) is 2.78. The molecule has 0 aliphatic rings. The summed E-state index contributed by atoms with van der Waals surface area (Å²) >= 11 is 0. The van der Waals surface area contributed by atoms with E-state index in [-0.39, 0.29) is 5.82 Å². The highest BCUT2D eigenvalue weighted by Crippen LogP contribution is 2.27. The molecule has 0 saturated carbocycles. The molecule has 6 nitrogen and oxygen atoms in total. The lowest BCUT2D eigenvalue weighted by molar-refractivity contribution is 0.0601. The van der Waals surface area contributed by atoms with Crippen molar-refractivity contribution in [3.8, 4) is 0 Å². The molecule has 118 valence electrons. The van der Waals surface area contributed by atoms with Crippen molar-refractivity contribution in [3.63, 3.8) is 0 Å². The first-order valence-electron chi connectivity index (χ1n) is 6.88. The van der Waals surface area contributed by atoms with Crippen LogP contribution in [0.3, 0.4) is 0 Å². The third-order valence-electron chi connectivity index (χ3n) is 3.51. The van der Waals surface area contributed by atoms with E-state index in [1.165, 1.54) is 19.2 Å². The van der Waals surface area contributed by atoms with Crippen molar-refractivity contribution in [2.45, 2.75) is 6.54 Å². The number of aromatic nitrogens is 2. The van der Waals surface area contributed by atoms with E-state index in [9.17, 15) is 9.18 Å². The van der Waals surface area contributed by atoms with Gasteiger partial charge in [-0.15, -0.1) is 0 Å². The Kier molecular flexibility index (Phi) is 3.92. The Balaban J connectivity index is 1.98. The van der Waals surface area contributed by atoms with Crippen molar-refractivity contribution in [1.82, 2.24) is 10.3 Å². The Morgan fingerprint density at radius 3 is 2.70 bits per heavy atom. The average molecular weight is 315 g/mol. The van der Waals surface area contributed by atoms with Crippen LogP contribution in [-0.4, -0.2) is 30.4 Å². The summed E-state index contributed by atoms with van der Waals surface area (Å²) in [6.07, 6.45) is 0. The van der Waals surface area contributed by atoms with E-state index in [1.807, 2.05) is 11.9 Å². The number of benzene rings is 2. The van der Waals surface area contributed by atoms with E-state index in [4.69, 9.17) is 9.37 Å². The van der Waals surface area contributed by atoms with Gasteiger partial charge in [-0.3, -0.25) is 0 Å². The van der Waals surface area contributed by atoms with Crippen LogP contribution >= 0.6 is 0 Å². The molecule has 0 radical (unpaired) electrons. The molecular formula is C16H14FN3O3. The average Bonchev–Trinajstić information content (AvgIpc) is 3.03.